The van der Waals surface area contributed by atoms with Crippen molar-refractivity contribution in [2.24, 2.45) is 0 Å². The van der Waals surface area contributed by atoms with Crippen LogP contribution in [0.15, 0.2) is 36.9 Å². The molecule has 1 atom stereocenters. The quantitative estimate of drug-likeness (QED) is 0.719. The van der Waals surface area contributed by atoms with Gasteiger partial charge in [0, 0.05) is 18.7 Å². The van der Waals surface area contributed by atoms with Crippen molar-refractivity contribution in [2.75, 3.05) is 13.7 Å². The Morgan fingerprint density at radius 2 is 2.22 bits per heavy atom. The Kier molecular flexibility index (Phi) is 5.94. The highest BCUT2D eigenvalue weighted by molar-refractivity contribution is 5.81. The van der Waals surface area contributed by atoms with Crippen LogP contribution in [0, 0.1) is 0 Å². The zero-order valence-electron chi connectivity index (χ0n) is 10.9. The van der Waals surface area contributed by atoms with Gasteiger partial charge in [-0.05, 0) is 13.0 Å². The first-order valence-corrected chi connectivity index (χ1v) is 5.93. The second-order valence-corrected chi connectivity index (χ2v) is 3.95. The maximum Gasteiger partial charge on any atom is 0.237 e. The average molecular weight is 248 g/mol. The van der Waals surface area contributed by atoms with Crippen molar-refractivity contribution in [3.63, 3.8) is 0 Å². The third-order valence-corrected chi connectivity index (χ3v) is 2.61. The van der Waals surface area contributed by atoms with E-state index in [1.165, 1.54) is 0 Å². The van der Waals surface area contributed by atoms with Crippen LogP contribution < -0.4 is 15.4 Å². The summed E-state index contributed by atoms with van der Waals surface area (Å²) in [5.74, 6) is 0.786. The van der Waals surface area contributed by atoms with E-state index < -0.39 is 0 Å². The smallest absolute Gasteiger partial charge is 0.237 e. The van der Waals surface area contributed by atoms with Gasteiger partial charge in [0.15, 0.2) is 0 Å². The van der Waals surface area contributed by atoms with E-state index in [0.717, 1.165) is 11.3 Å². The third-order valence-electron chi connectivity index (χ3n) is 2.61. The van der Waals surface area contributed by atoms with Gasteiger partial charge in [0.1, 0.15) is 5.75 Å². The molecule has 4 nitrogen and oxygen atoms in total. The summed E-state index contributed by atoms with van der Waals surface area (Å²) in [5, 5.41) is 5.90. The lowest BCUT2D eigenvalue weighted by Crippen LogP contribution is -2.41. The first-order chi connectivity index (χ1) is 8.69. The van der Waals surface area contributed by atoms with Crippen LogP contribution in [0.2, 0.25) is 0 Å². The number of carbonyl (C=O) groups excluding carboxylic acids is 1. The van der Waals surface area contributed by atoms with Crippen LogP contribution >= 0.6 is 0 Å². The van der Waals surface area contributed by atoms with Crippen LogP contribution in [0.25, 0.3) is 0 Å². The number of amides is 1. The van der Waals surface area contributed by atoms with Crippen molar-refractivity contribution in [3.8, 4) is 5.75 Å². The lowest BCUT2D eigenvalue weighted by Gasteiger charge is -2.14. The molecule has 4 heteroatoms. The molecule has 0 bridgehead atoms. The number of hydrogen-bond donors (Lipinski definition) is 2. The minimum absolute atomic E-state index is 0.0372. The molecule has 0 radical (unpaired) electrons. The minimum atomic E-state index is -0.255. The Labute approximate surface area is 108 Å². The van der Waals surface area contributed by atoms with E-state index in [1.807, 2.05) is 31.2 Å². The summed E-state index contributed by atoms with van der Waals surface area (Å²) in [6.07, 6.45) is 1.66. The molecule has 0 saturated heterocycles. The predicted molar refractivity (Wildman–Crippen MR) is 72.5 cm³/mol. The minimum Gasteiger partial charge on any atom is -0.496 e. The van der Waals surface area contributed by atoms with Crippen LogP contribution in [-0.4, -0.2) is 25.6 Å². The second kappa shape index (κ2) is 7.50. The zero-order valence-corrected chi connectivity index (χ0v) is 10.9. The summed E-state index contributed by atoms with van der Waals surface area (Å²) in [5.41, 5.74) is 1.03. The third kappa shape index (κ3) is 4.22. The number of rotatable bonds is 7. The van der Waals surface area contributed by atoms with Gasteiger partial charge in [0.05, 0.1) is 13.2 Å². The molecule has 0 heterocycles. The van der Waals surface area contributed by atoms with Crippen LogP contribution in [0.3, 0.4) is 0 Å². The van der Waals surface area contributed by atoms with Gasteiger partial charge >= 0.3 is 0 Å². The van der Waals surface area contributed by atoms with E-state index in [0.29, 0.717) is 13.1 Å². The van der Waals surface area contributed by atoms with Crippen molar-refractivity contribution in [3.05, 3.63) is 42.5 Å². The number of benzene rings is 1. The molecule has 1 unspecified atom stereocenters. The molecule has 18 heavy (non-hydrogen) atoms. The number of hydrogen-bond acceptors (Lipinski definition) is 3. The number of ether oxygens (including phenoxy) is 1. The monoisotopic (exact) mass is 248 g/mol. The first-order valence-electron chi connectivity index (χ1n) is 5.93. The van der Waals surface area contributed by atoms with Crippen molar-refractivity contribution >= 4 is 5.91 Å². The summed E-state index contributed by atoms with van der Waals surface area (Å²) < 4.78 is 5.25. The van der Waals surface area contributed by atoms with Gasteiger partial charge in [-0.3, -0.25) is 4.79 Å². The lowest BCUT2D eigenvalue weighted by molar-refractivity contribution is -0.122. The molecule has 0 spiro atoms. The van der Waals surface area contributed by atoms with Crippen LogP contribution in [0.5, 0.6) is 5.75 Å². The van der Waals surface area contributed by atoms with Gasteiger partial charge in [-0.1, -0.05) is 24.3 Å². The van der Waals surface area contributed by atoms with Gasteiger partial charge < -0.3 is 15.4 Å². The van der Waals surface area contributed by atoms with Gasteiger partial charge in [0.2, 0.25) is 5.91 Å². The van der Waals surface area contributed by atoms with Gasteiger partial charge in [0.25, 0.3) is 0 Å². The molecular formula is C14H20N2O2. The first kappa shape index (κ1) is 14.3. The largest absolute Gasteiger partial charge is 0.496 e. The molecule has 0 saturated carbocycles. The molecule has 1 aromatic rings. The lowest BCUT2D eigenvalue weighted by atomic mass is 10.2. The molecule has 0 fully saturated rings. The van der Waals surface area contributed by atoms with Crippen molar-refractivity contribution in [1.29, 1.82) is 0 Å². The fourth-order valence-corrected chi connectivity index (χ4v) is 1.53. The Balaban J connectivity index is 2.49. The molecular weight excluding hydrogens is 228 g/mol. The second-order valence-electron chi connectivity index (χ2n) is 3.95. The van der Waals surface area contributed by atoms with E-state index in [-0.39, 0.29) is 11.9 Å². The highest BCUT2D eigenvalue weighted by atomic mass is 16.5. The fourth-order valence-electron chi connectivity index (χ4n) is 1.53. The van der Waals surface area contributed by atoms with Crippen LogP contribution in [0.4, 0.5) is 0 Å². The normalized spacial score (nSPS) is 11.7. The maximum atomic E-state index is 11.6. The Bertz CT molecular complexity index is 405. The summed E-state index contributed by atoms with van der Waals surface area (Å²) >= 11 is 0. The molecule has 0 aliphatic carbocycles. The summed E-state index contributed by atoms with van der Waals surface area (Å²) in [4.78, 5) is 11.6. The predicted octanol–water partition coefficient (Wildman–Crippen LogP) is 1.48. The Hall–Kier alpha value is -1.81. The maximum absolute atomic E-state index is 11.6. The topological polar surface area (TPSA) is 50.4 Å². The number of nitrogens with one attached hydrogen (secondary N) is 2. The highest BCUT2D eigenvalue weighted by Crippen LogP contribution is 2.16. The zero-order chi connectivity index (χ0) is 13.4. The SMILES string of the molecule is C=CCNC(=O)C(C)NCc1ccccc1OC. The Morgan fingerprint density at radius 3 is 2.89 bits per heavy atom. The summed E-state index contributed by atoms with van der Waals surface area (Å²) in [7, 11) is 1.64. The van der Waals surface area contributed by atoms with Crippen molar-refractivity contribution in [2.45, 2.75) is 19.5 Å². The molecule has 98 valence electrons. The van der Waals surface area contributed by atoms with E-state index in [2.05, 4.69) is 17.2 Å². The molecule has 2 N–H and O–H groups in total. The molecule has 1 rings (SSSR count). The molecule has 0 aliphatic heterocycles. The van der Waals surface area contributed by atoms with E-state index >= 15 is 0 Å². The highest BCUT2D eigenvalue weighted by Gasteiger charge is 2.11. The number of methoxy groups -OCH3 is 1. The van der Waals surface area contributed by atoms with Gasteiger partial charge in [-0.15, -0.1) is 6.58 Å². The summed E-state index contributed by atoms with van der Waals surface area (Å²) in [6.45, 7) is 6.46. The van der Waals surface area contributed by atoms with Crippen molar-refractivity contribution < 1.29 is 9.53 Å². The molecule has 0 aromatic heterocycles. The number of para-hydroxylation sites is 1. The van der Waals surface area contributed by atoms with E-state index in [1.54, 1.807) is 13.2 Å². The standard InChI is InChI=1S/C14H20N2O2/c1-4-9-15-14(17)11(2)16-10-12-7-5-6-8-13(12)18-3/h4-8,11,16H,1,9-10H2,2-3H3,(H,15,17). The fraction of sp³-hybridized carbons (Fsp3) is 0.357. The molecule has 1 aromatic carbocycles. The van der Waals surface area contributed by atoms with Crippen LogP contribution in [0.1, 0.15) is 12.5 Å². The van der Waals surface area contributed by atoms with Crippen molar-refractivity contribution in [1.82, 2.24) is 10.6 Å². The van der Waals surface area contributed by atoms with E-state index in [4.69, 9.17) is 4.74 Å². The van der Waals surface area contributed by atoms with Crippen LogP contribution in [-0.2, 0) is 11.3 Å². The van der Waals surface area contributed by atoms with E-state index in [9.17, 15) is 4.79 Å². The number of carbonyl (C=O) groups is 1. The van der Waals surface area contributed by atoms with Gasteiger partial charge in [-0.25, -0.2) is 0 Å². The molecule has 1 amide bonds. The summed E-state index contributed by atoms with van der Waals surface area (Å²) in [6, 6.07) is 7.49. The van der Waals surface area contributed by atoms with Gasteiger partial charge in [-0.2, -0.15) is 0 Å². The average Bonchev–Trinajstić information content (AvgIpc) is 2.42. The molecule has 0 aliphatic rings. The Morgan fingerprint density at radius 1 is 1.50 bits per heavy atom.